The van der Waals surface area contributed by atoms with Crippen LogP contribution >= 0.6 is 11.3 Å². The molecule has 0 unspecified atom stereocenters. The van der Waals surface area contributed by atoms with Crippen LogP contribution in [0.3, 0.4) is 0 Å². The molecule has 4 rings (SSSR count). The van der Waals surface area contributed by atoms with Crippen molar-refractivity contribution in [1.82, 2.24) is 9.88 Å². The van der Waals surface area contributed by atoms with Crippen LogP contribution in [-0.4, -0.2) is 43.7 Å². The highest BCUT2D eigenvalue weighted by atomic mass is 32.1. The van der Waals surface area contributed by atoms with E-state index in [9.17, 15) is 9.59 Å². The normalized spacial score (nSPS) is 10.8. The molecule has 2 heterocycles. The smallest absolute Gasteiger partial charge is 0.254 e. The minimum absolute atomic E-state index is 0.109. The summed E-state index contributed by atoms with van der Waals surface area (Å²) in [5.41, 5.74) is 1.28. The molecule has 8 nitrogen and oxygen atoms in total. The molecular formula is C27H28N2O6S. The summed E-state index contributed by atoms with van der Waals surface area (Å²) in [6.45, 7) is 2.90. The summed E-state index contributed by atoms with van der Waals surface area (Å²) in [5, 5.41) is 2.78. The van der Waals surface area contributed by atoms with E-state index in [0.29, 0.717) is 52.8 Å². The van der Waals surface area contributed by atoms with Crippen molar-refractivity contribution in [3.05, 3.63) is 80.3 Å². The lowest BCUT2D eigenvalue weighted by Gasteiger charge is -2.23. The summed E-state index contributed by atoms with van der Waals surface area (Å²) in [5.74, 6) is 1.60. The Morgan fingerprint density at radius 3 is 2.33 bits per heavy atom. The van der Waals surface area contributed by atoms with Crippen LogP contribution in [-0.2, 0) is 13.1 Å². The molecule has 0 aliphatic heterocycles. The van der Waals surface area contributed by atoms with E-state index in [-0.39, 0.29) is 18.0 Å². The summed E-state index contributed by atoms with van der Waals surface area (Å²) in [6.07, 6.45) is 0. The van der Waals surface area contributed by atoms with Crippen molar-refractivity contribution >= 4 is 28.1 Å². The van der Waals surface area contributed by atoms with Crippen LogP contribution < -0.4 is 24.5 Å². The van der Waals surface area contributed by atoms with E-state index < -0.39 is 0 Å². The zero-order valence-electron chi connectivity index (χ0n) is 20.6. The summed E-state index contributed by atoms with van der Waals surface area (Å²) in [4.78, 5) is 32.3. The summed E-state index contributed by atoms with van der Waals surface area (Å²) in [7, 11) is 4.51. The average Bonchev–Trinajstić information content (AvgIpc) is 3.40. The Bertz CT molecular complexity index is 1390. The molecule has 4 aromatic rings. The largest absolute Gasteiger partial charge is 0.494 e. The lowest BCUT2D eigenvalue weighted by atomic mass is 10.1. The number of fused-ring (bicyclic) bond motifs is 1. The summed E-state index contributed by atoms with van der Waals surface area (Å²) >= 11 is 1.54. The van der Waals surface area contributed by atoms with Gasteiger partial charge in [0.25, 0.3) is 11.5 Å². The van der Waals surface area contributed by atoms with Crippen molar-refractivity contribution in [3.63, 3.8) is 0 Å². The number of carbonyl (C=O) groups excluding carboxylic acids is 1. The highest BCUT2D eigenvalue weighted by Crippen LogP contribution is 2.38. The Balaban J connectivity index is 1.74. The van der Waals surface area contributed by atoms with Gasteiger partial charge in [-0.15, -0.1) is 11.3 Å². The highest BCUT2D eigenvalue weighted by molar-refractivity contribution is 7.09. The summed E-state index contributed by atoms with van der Waals surface area (Å²) in [6, 6.07) is 14.4. The van der Waals surface area contributed by atoms with Gasteiger partial charge in [-0.25, -0.2) is 0 Å². The number of ether oxygens (including phenoxy) is 4. The van der Waals surface area contributed by atoms with Gasteiger partial charge in [-0.2, -0.15) is 0 Å². The van der Waals surface area contributed by atoms with Crippen LogP contribution in [0.1, 0.15) is 27.7 Å². The SMILES string of the molecule is CCOc1ccc2[nH]c(=O)c(CN(Cc3cccs3)C(=O)c3cc(OC)c(OC)c(OC)c3)cc2c1. The minimum Gasteiger partial charge on any atom is -0.494 e. The van der Waals surface area contributed by atoms with Gasteiger partial charge in [0.05, 0.1) is 41.0 Å². The van der Waals surface area contributed by atoms with Crippen LogP contribution in [0.2, 0.25) is 0 Å². The van der Waals surface area contributed by atoms with Gasteiger partial charge < -0.3 is 28.8 Å². The summed E-state index contributed by atoms with van der Waals surface area (Å²) < 4.78 is 21.9. The first-order valence-electron chi connectivity index (χ1n) is 11.4. The molecule has 0 saturated heterocycles. The van der Waals surface area contributed by atoms with Crippen molar-refractivity contribution in [2.24, 2.45) is 0 Å². The van der Waals surface area contributed by atoms with E-state index in [0.717, 1.165) is 10.3 Å². The molecule has 1 N–H and O–H groups in total. The van der Waals surface area contributed by atoms with Crippen LogP contribution in [0.4, 0.5) is 0 Å². The van der Waals surface area contributed by atoms with Crippen molar-refractivity contribution in [2.45, 2.75) is 20.0 Å². The quantitative estimate of drug-likeness (QED) is 0.329. The molecule has 0 aliphatic rings. The van der Waals surface area contributed by atoms with Crippen molar-refractivity contribution in [2.75, 3.05) is 27.9 Å². The number of benzene rings is 2. The molecule has 2 aromatic heterocycles. The third kappa shape index (κ3) is 5.31. The molecule has 9 heteroatoms. The van der Waals surface area contributed by atoms with E-state index in [2.05, 4.69) is 4.98 Å². The molecule has 36 heavy (non-hydrogen) atoms. The van der Waals surface area contributed by atoms with Gasteiger partial charge in [0.15, 0.2) is 11.5 Å². The fraction of sp³-hybridized carbons (Fsp3) is 0.259. The number of aromatic nitrogens is 1. The van der Waals surface area contributed by atoms with Gasteiger partial charge in [0.1, 0.15) is 5.75 Å². The minimum atomic E-state index is -0.273. The number of thiophene rings is 1. The number of methoxy groups -OCH3 is 3. The van der Waals surface area contributed by atoms with Gasteiger partial charge in [-0.3, -0.25) is 9.59 Å². The molecule has 0 bridgehead atoms. The van der Waals surface area contributed by atoms with E-state index in [4.69, 9.17) is 18.9 Å². The topological polar surface area (TPSA) is 90.1 Å². The first-order valence-corrected chi connectivity index (χ1v) is 12.3. The number of nitrogens with zero attached hydrogens (tertiary/aromatic N) is 1. The number of nitrogens with one attached hydrogen (secondary N) is 1. The number of hydrogen-bond acceptors (Lipinski definition) is 7. The fourth-order valence-electron chi connectivity index (χ4n) is 3.99. The third-order valence-corrected chi connectivity index (χ3v) is 6.55. The maximum Gasteiger partial charge on any atom is 0.254 e. The standard InChI is InChI=1S/C27H28N2O6S/c1-5-35-20-8-9-22-17(12-20)11-19(26(30)28-22)15-29(16-21-7-6-10-36-21)27(31)18-13-23(32-2)25(34-4)24(14-18)33-3/h6-14H,5,15-16H2,1-4H3,(H,28,30). The van der Waals surface area contributed by atoms with Gasteiger partial charge in [-0.1, -0.05) is 6.07 Å². The van der Waals surface area contributed by atoms with Gasteiger partial charge >= 0.3 is 0 Å². The molecule has 1 amide bonds. The van der Waals surface area contributed by atoms with Crippen LogP contribution in [0.5, 0.6) is 23.0 Å². The van der Waals surface area contributed by atoms with Crippen LogP contribution in [0, 0.1) is 0 Å². The second-order valence-electron chi connectivity index (χ2n) is 7.96. The predicted molar refractivity (Wildman–Crippen MR) is 140 cm³/mol. The Hall–Kier alpha value is -3.98. The Kier molecular flexibility index (Phi) is 7.80. The van der Waals surface area contributed by atoms with E-state index in [1.54, 1.807) is 34.4 Å². The van der Waals surface area contributed by atoms with Crippen molar-refractivity contribution < 1.29 is 23.7 Å². The van der Waals surface area contributed by atoms with Gasteiger partial charge in [0.2, 0.25) is 5.75 Å². The van der Waals surface area contributed by atoms with Gasteiger partial charge in [0, 0.05) is 26.9 Å². The lowest BCUT2D eigenvalue weighted by molar-refractivity contribution is 0.0730. The molecule has 0 saturated carbocycles. The number of H-pyrrole nitrogens is 1. The average molecular weight is 509 g/mol. The second kappa shape index (κ2) is 11.2. The number of amides is 1. The van der Waals surface area contributed by atoms with Crippen molar-refractivity contribution in [1.29, 1.82) is 0 Å². The zero-order chi connectivity index (χ0) is 25.7. The molecule has 0 fully saturated rings. The highest BCUT2D eigenvalue weighted by Gasteiger charge is 2.23. The molecule has 2 aromatic carbocycles. The first kappa shape index (κ1) is 25.1. The number of carbonyl (C=O) groups is 1. The number of pyridine rings is 1. The zero-order valence-corrected chi connectivity index (χ0v) is 21.4. The molecule has 0 radical (unpaired) electrons. The second-order valence-corrected chi connectivity index (χ2v) is 8.99. The Morgan fingerprint density at radius 1 is 0.972 bits per heavy atom. The first-order chi connectivity index (χ1) is 17.5. The van der Waals surface area contributed by atoms with Crippen molar-refractivity contribution in [3.8, 4) is 23.0 Å². The van der Waals surface area contributed by atoms with E-state index in [1.165, 1.54) is 21.3 Å². The molecule has 0 spiro atoms. The monoisotopic (exact) mass is 508 g/mol. The van der Waals surface area contributed by atoms with Crippen LogP contribution in [0.15, 0.2) is 58.7 Å². The number of hydrogen-bond donors (Lipinski definition) is 1. The van der Waals surface area contributed by atoms with E-state index in [1.807, 2.05) is 42.6 Å². The third-order valence-electron chi connectivity index (χ3n) is 5.69. The maximum atomic E-state index is 13.8. The van der Waals surface area contributed by atoms with Gasteiger partial charge in [-0.05, 0) is 54.8 Å². The molecule has 0 atom stereocenters. The Labute approximate surface area is 213 Å². The maximum absolute atomic E-state index is 13.8. The van der Waals surface area contributed by atoms with E-state index >= 15 is 0 Å². The number of aromatic amines is 1. The van der Waals surface area contributed by atoms with Crippen LogP contribution in [0.25, 0.3) is 10.9 Å². The predicted octanol–water partition coefficient (Wildman–Crippen LogP) is 4.86. The molecule has 188 valence electrons. The fourth-order valence-corrected chi connectivity index (χ4v) is 4.71. The lowest BCUT2D eigenvalue weighted by Crippen LogP contribution is -2.32. The molecular weight excluding hydrogens is 480 g/mol. The number of rotatable bonds is 10. The molecule has 0 aliphatic carbocycles. The Morgan fingerprint density at radius 2 is 1.72 bits per heavy atom.